The van der Waals surface area contributed by atoms with Gasteiger partial charge in [-0.3, -0.25) is 4.72 Å². The molecule has 1 aromatic heterocycles. The lowest BCUT2D eigenvalue weighted by molar-refractivity contribution is 0.282. The Morgan fingerprint density at radius 1 is 1.21 bits per heavy atom. The zero-order valence-corrected chi connectivity index (χ0v) is 11.3. The predicted molar refractivity (Wildman–Crippen MR) is 72.4 cm³/mol. The maximum atomic E-state index is 12.2. The molecule has 0 aliphatic carbocycles. The number of benzene rings is 1. The number of hydrogen-bond donors (Lipinski definition) is 2. The molecule has 0 spiro atoms. The molecular formula is C12H11ClN2O3S. The minimum Gasteiger partial charge on any atom is -0.392 e. The van der Waals surface area contributed by atoms with Crippen LogP contribution in [0.3, 0.4) is 0 Å². The van der Waals surface area contributed by atoms with Crippen molar-refractivity contribution in [3.63, 3.8) is 0 Å². The lowest BCUT2D eigenvalue weighted by atomic mass is 10.2. The molecule has 1 heterocycles. The molecule has 0 fully saturated rings. The van der Waals surface area contributed by atoms with Gasteiger partial charge in [-0.2, -0.15) is 0 Å². The van der Waals surface area contributed by atoms with Crippen molar-refractivity contribution in [1.82, 2.24) is 4.98 Å². The van der Waals surface area contributed by atoms with Gasteiger partial charge >= 0.3 is 0 Å². The number of nitrogens with zero attached hydrogens (tertiary/aromatic N) is 1. The van der Waals surface area contributed by atoms with E-state index in [-0.39, 0.29) is 16.7 Å². The van der Waals surface area contributed by atoms with E-state index in [1.54, 1.807) is 24.3 Å². The van der Waals surface area contributed by atoms with Crippen molar-refractivity contribution in [2.45, 2.75) is 11.5 Å². The molecule has 2 rings (SSSR count). The number of aliphatic hydroxyl groups is 1. The fourth-order valence-electron chi connectivity index (χ4n) is 1.53. The summed E-state index contributed by atoms with van der Waals surface area (Å²) in [6, 6.07) is 9.41. The number of sulfonamides is 1. The van der Waals surface area contributed by atoms with Crippen LogP contribution in [-0.4, -0.2) is 18.5 Å². The predicted octanol–water partition coefficient (Wildman–Crippen LogP) is 2.03. The van der Waals surface area contributed by atoms with Crippen LogP contribution in [0.15, 0.2) is 47.5 Å². The molecule has 100 valence electrons. The molecule has 0 bridgehead atoms. The van der Waals surface area contributed by atoms with Crippen molar-refractivity contribution in [2.75, 3.05) is 4.72 Å². The first-order chi connectivity index (χ1) is 9.04. The molecule has 0 aliphatic rings. The summed E-state index contributed by atoms with van der Waals surface area (Å²) in [7, 11) is -3.83. The van der Waals surface area contributed by atoms with Crippen molar-refractivity contribution < 1.29 is 13.5 Å². The summed E-state index contributed by atoms with van der Waals surface area (Å²) in [6.07, 6.45) is 1.41. The normalized spacial score (nSPS) is 11.3. The van der Waals surface area contributed by atoms with Gasteiger partial charge in [-0.05, 0) is 18.2 Å². The van der Waals surface area contributed by atoms with Crippen LogP contribution in [0.1, 0.15) is 5.56 Å². The van der Waals surface area contributed by atoms with E-state index in [9.17, 15) is 8.42 Å². The van der Waals surface area contributed by atoms with Crippen molar-refractivity contribution in [2.24, 2.45) is 0 Å². The number of halogens is 1. The number of aliphatic hydroxyl groups excluding tert-OH is 1. The van der Waals surface area contributed by atoms with E-state index < -0.39 is 10.0 Å². The average Bonchev–Trinajstić information content (AvgIpc) is 2.39. The van der Waals surface area contributed by atoms with Crippen LogP contribution in [0.5, 0.6) is 0 Å². The van der Waals surface area contributed by atoms with Gasteiger partial charge in [0.05, 0.1) is 12.3 Å². The molecule has 0 saturated heterocycles. The standard InChI is InChI=1S/C12H11ClN2O3S/c13-12-11(6-3-7-14-12)19(17,18)15-10-5-2-1-4-9(10)8-16/h1-7,15-16H,8H2. The van der Waals surface area contributed by atoms with E-state index in [1.807, 2.05) is 0 Å². The second kappa shape index (κ2) is 5.56. The Morgan fingerprint density at radius 3 is 2.63 bits per heavy atom. The molecule has 5 nitrogen and oxygen atoms in total. The van der Waals surface area contributed by atoms with Gasteiger partial charge in [-0.1, -0.05) is 29.8 Å². The monoisotopic (exact) mass is 298 g/mol. The SMILES string of the molecule is O=S(=O)(Nc1ccccc1CO)c1cccnc1Cl. The van der Waals surface area contributed by atoms with Gasteiger partial charge < -0.3 is 5.11 Å². The van der Waals surface area contributed by atoms with Crippen molar-refractivity contribution >= 4 is 27.3 Å². The van der Waals surface area contributed by atoms with E-state index in [1.165, 1.54) is 18.3 Å². The molecule has 0 saturated carbocycles. The van der Waals surface area contributed by atoms with E-state index in [0.29, 0.717) is 11.3 Å². The smallest absolute Gasteiger partial charge is 0.264 e. The highest BCUT2D eigenvalue weighted by molar-refractivity contribution is 7.92. The molecule has 0 aliphatic heterocycles. The quantitative estimate of drug-likeness (QED) is 0.847. The summed E-state index contributed by atoms with van der Waals surface area (Å²) >= 11 is 5.77. The Bertz CT molecular complexity index is 689. The molecule has 0 amide bonds. The van der Waals surface area contributed by atoms with Crippen LogP contribution in [-0.2, 0) is 16.6 Å². The van der Waals surface area contributed by atoms with Gasteiger partial charge in [0.2, 0.25) is 0 Å². The number of anilines is 1. The summed E-state index contributed by atoms with van der Waals surface area (Å²) in [5.74, 6) is 0. The molecule has 0 atom stereocenters. The Balaban J connectivity index is 2.40. The van der Waals surface area contributed by atoms with Crippen molar-refractivity contribution in [3.05, 3.63) is 53.3 Å². The number of rotatable bonds is 4. The summed E-state index contributed by atoms with van der Waals surface area (Å²) in [5, 5.41) is 9.07. The highest BCUT2D eigenvalue weighted by Crippen LogP contribution is 2.23. The van der Waals surface area contributed by atoms with E-state index in [2.05, 4.69) is 9.71 Å². The second-order valence-corrected chi connectivity index (χ2v) is 5.72. The molecule has 19 heavy (non-hydrogen) atoms. The molecule has 0 unspecified atom stereocenters. The Hall–Kier alpha value is -1.63. The summed E-state index contributed by atoms with van der Waals surface area (Å²) < 4.78 is 26.7. The van der Waals surface area contributed by atoms with Gasteiger partial charge in [0, 0.05) is 11.8 Å². The third kappa shape index (κ3) is 3.04. The van der Waals surface area contributed by atoms with Gasteiger partial charge in [0.15, 0.2) is 0 Å². The summed E-state index contributed by atoms with van der Waals surface area (Å²) in [5.41, 5.74) is 0.788. The first kappa shape index (κ1) is 13.8. The van der Waals surface area contributed by atoms with Crippen molar-refractivity contribution in [1.29, 1.82) is 0 Å². The number of aromatic nitrogens is 1. The molecule has 7 heteroatoms. The van der Waals surface area contributed by atoms with Gasteiger partial charge in [-0.25, -0.2) is 13.4 Å². The molecule has 1 aromatic carbocycles. The zero-order valence-electron chi connectivity index (χ0n) is 9.75. The zero-order chi connectivity index (χ0) is 13.9. The van der Waals surface area contributed by atoms with Crippen LogP contribution in [0.2, 0.25) is 5.15 Å². The van der Waals surface area contributed by atoms with E-state index in [0.717, 1.165) is 0 Å². The van der Waals surface area contributed by atoms with Crippen LogP contribution < -0.4 is 4.72 Å². The first-order valence-electron chi connectivity index (χ1n) is 5.36. The number of hydrogen-bond acceptors (Lipinski definition) is 4. The topological polar surface area (TPSA) is 79.3 Å². The highest BCUT2D eigenvalue weighted by Gasteiger charge is 2.19. The molecule has 2 N–H and O–H groups in total. The summed E-state index contributed by atoms with van der Waals surface area (Å²) in [4.78, 5) is 3.62. The Morgan fingerprint density at radius 2 is 1.95 bits per heavy atom. The molecule has 2 aromatic rings. The number of pyridine rings is 1. The second-order valence-electron chi connectivity index (χ2n) is 3.71. The van der Waals surface area contributed by atoms with Crippen LogP contribution in [0.4, 0.5) is 5.69 Å². The Kier molecular flexibility index (Phi) is 4.04. The third-order valence-corrected chi connectivity index (χ3v) is 4.26. The maximum absolute atomic E-state index is 12.2. The lowest BCUT2D eigenvalue weighted by Crippen LogP contribution is -2.15. The lowest BCUT2D eigenvalue weighted by Gasteiger charge is -2.11. The highest BCUT2D eigenvalue weighted by atomic mass is 35.5. The van der Waals surface area contributed by atoms with Gasteiger partial charge in [0.1, 0.15) is 10.0 Å². The fourth-order valence-corrected chi connectivity index (χ4v) is 3.08. The van der Waals surface area contributed by atoms with Crippen LogP contribution >= 0.6 is 11.6 Å². The fraction of sp³-hybridized carbons (Fsp3) is 0.0833. The molecular weight excluding hydrogens is 288 g/mol. The minimum atomic E-state index is -3.83. The number of nitrogens with one attached hydrogen (secondary N) is 1. The average molecular weight is 299 g/mol. The van der Waals surface area contributed by atoms with Gasteiger partial charge in [0.25, 0.3) is 10.0 Å². The maximum Gasteiger partial charge on any atom is 0.264 e. The largest absolute Gasteiger partial charge is 0.392 e. The first-order valence-corrected chi connectivity index (χ1v) is 7.23. The third-order valence-electron chi connectivity index (χ3n) is 2.45. The minimum absolute atomic E-state index is 0.100. The number of para-hydroxylation sites is 1. The van der Waals surface area contributed by atoms with Crippen LogP contribution in [0.25, 0.3) is 0 Å². The van der Waals surface area contributed by atoms with Gasteiger partial charge in [-0.15, -0.1) is 0 Å². The van der Waals surface area contributed by atoms with Crippen molar-refractivity contribution in [3.8, 4) is 0 Å². The molecule has 0 radical (unpaired) electrons. The summed E-state index contributed by atoms with van der Waals surface area (Å²) in [6.45, 7) is -0.264. The van der Waals surface area contributed by atoms with Crippen LogP contribution in [0, 0.1) is 0 Å². The Labute approximate surface area is 115 Å². The van der Waals surface area contributed by atoms with E-state index in [4.69, 9.17) is 16.7 Å². The van der Waals surface area contributed by atoms with E-state index >= 15 is 0 Å².